The van der Waals surface area contributed by atoms with Gasteiger partial charge in [-0.05, 0) is 11.6 Å². The van der Waals surface area contributed by atoms with Gasteiger partial charge in [-0.2, -0.15) is 0 Å². The molecule has 4 rings (SSSR count). The Kier molecular flexibility index (Phi) is 3.31. The van der Waals surface area contributed by atoms with Gasteiger partial charge in [-0.3, -0.25) is 14.5 Å². The number of nitrogen functional groups attached to an aromatic ring is 1. The number of anilines is 1. The molecule has 0 atom stereocenters. The smallest absolute Gasteiger partial charge is 0.326 e. The molecule has 0 aliphatic rings. The Morgan fingerprint density at radius 2 is 1.96 bits per heavy atom. The van der Waals surface area contributed by atoms with E-state index in [9.17, 15) is 4.79 Å². The number of nitrogens with two attached hydrogens (primary N) is 1. The number of fused-ring (bicyclic) bond motifs is 1. The average Bonchev–Trinajstić information content (AvgIpc) is 2.93. The van der Waals surface area contributed by atoms with E-state index < -0.39 is 0 Å². The Morgan fingerprint density at radius 3 is 2.71 bits per heavy atom. The summed E-state index contributed by atoms with van der Waals surface area (Å²) >= 11 is 0. The van der Waals surface area contributed by atoms with Gasteiger partial charge in [0.2, 0.25) is 0 Å². The number of benzene rings is 1. The van der Waals surface area contributed by atoms with Crippen LogP contribution >= 0.6 is 0 Å². The number of aromatic amines is 1. The predicted octanol–water partition coefficient (Wildman–Crippen LogP) is 1.81. The lowest BCUT2D eigenvalue weighted by Gasteiger charge is -2.06. The summed E-state index contributed by atoms with van der Waals surface area (Å²) in [7, 11) is 0. The van der Waals surface area contributed by atoms with E-state index in [0.29, 0.717) is 29.0 Å². The number of H-pyrrole nitrogens is 1. The Labute approximate surface area is 136 Å². The van der Waals surface area contributed by atoms with Crippen LogP contribution in [0.15, 0.2) is 59.8 Å². The van der Waals surface area contributed by atoms with Crippen molar-refractivity contribution in [2.24, 2.45) is 0 Å². The first kappa shape index (κ1) is 14.1. The minimum Gasteiger partial charge on any atom is -0.382 e. The summed E-state index contributed by atoms with van der Waals surface area (Å²) in [6, 6.07) is 11.6. The third-order valence-electron chi connectivity index (χ3n) is 3.80. The highest BCUT2D eigenvalue weighted by Gasteiger charge is 2.14. The Hall–Kier alpha value is -3.48. The van der Waals surface area contributed by atoms with Gasteiger partial charge < -0.3 is 10.7 Å². The Bertz CT molecular complexity index is 1050. The summed E-state index contributed by atoms with van der Waals surface area (Å²) < 4.78 is 1.64. The van der Waals surface area contributed by atoms with Gasteiger partial charge in [-0.15, -0.1) is 0 Å². The monoisotopic (exact) mass is 318 g/mol. The standard InChI is InChI=1S/C17H14N6O/c18-16-15-14(8-12(21-16)13-9-19-6-7-20-13)23(17(24)22-15)10-11-4-2-1-3-5-11/h1-9H,10H2,(H2,18,21)(H,22,24). The number of nitrogens with one attached hydrogen (secondary N) is 1. The largest absolute Gasteiger partial charge is 0.382 e. The molecule has 0 spiro atoms. The number of imidazole rings is 1. The molecule has 4 aromatic rings. The van der Waals surface area contributed by atoms with Gasteiger partial charge in [-0.25, -0.2) is 9.78 Å². The van der Waals surface area contributed by atoms with Crippen molar-refractivity contribution in [2.75, 3.05) is 5.73 Å². The van der Waals surface area contributed by atoms with Crippen molar-refractivity contribution in [1.29, 1.82) is 0 Å². The molecule has 0 radical (unpaired) electrons. The van der Waals surface area contributed by atoms with Crippen molar-refractivity contribution in [3.8, 4) is 11.4 Å². The minimum absolute atomic E-state index is 0.223. The highest BCUT2D eigenvalue weighted by atomic mass is 16.1. The van der Waals surface area contributed by atoms with Crippen LogP contribution in [0.2, 0.25) is 0 Å². The van der Waals surface area contributed by atoms with Gasteiger partial charge in [0.1, 0.15) is 17.0 Å². The first-order chi connectivity index (χ1) is 11.7. The highest BCUT2D eigenvalue weighted by Crippen LogP contribution is 2.23. The Balaban J connectivity index is 1.90. The molecule has 1 aromatic carbocycles. The highest BCUT2D eigenvalue weighted by molar-refractivity contribution is 5.88. The van der Waals surface area contributed by atoms with E-state index in [-0.39, 0.29) is 11.5 Å². The lowest BCUT2D eigenvalue weighted by Crippen LogP contribution is -2.17. The molecular formula is C17H14N6O. The summed E-state index contributed by atoms with van der Waals surface area (Å²) in [6.45, 7) is 0.447. The first-order valence-corrected chi connectivity index (χ1v) is 7.42. The van der Waals surface area contributed by atoms with Crippen molar-refractivity contribution in [3.63, 3.8) is 0 Å². The second-order valence-electron chi connectivity index (χ2n) is 5.38. The van der Waals surface area contributed by atoms with Gasteiger partial charge in [0, 0.05) is 12.4 Å². The fourth-order valence-corrected chi connectivity index (χ4v) is 2.66. The number of nitrogens with zero attached hydrogens (tertiary/aromatic N) is 4. The van der Waals surface area contributed by atoms with Gasteiger partial charge in [0.05, 0.1) is 24.0 Å². The molecule has 7 nitrogen and oxygen atoms in total. The van der Waals surface area contributed by atoms with E-state index in [2.05, 4.69) is 19.9 Å². The van der Waals surface area contributed by atoms with E-state index in [4.69, 9.17) is 5.73 Å². The molecule has 0 amide bonds. The average molecular weight is 318 g/mol. The second-order valence-corrected chi connectivity index (χ2v) is 5.38. The van der Waals surface area contributed by atoms with Crippen molar-refractivity contribution in [2.45, 2.75) is 6.54 Å². The summed E-state index contributed by atoms with van der Waals surface area (Å²) in [5.41, 5.74) is 9.23. The van der Waals surface area contributed by atoms with Crippen LogP contribution in [0, 0.1) is 0 Å². The Morgan fingerprint density at radius 1 is 1.12 bits per heavy atom. The summed E-state index contributed by atoms with van der Waals surface area (Å²) in [6.07, 6.45) is 4.79. The van der Waals surface area contributed by atoms with Crippen molar-refractivity contribution >= 4 is 16.9 Å². The normalized spacial score (nSPS) is 11.0. The zero-order valence-electron chi connectivity index (χ0n) is 12.7. The van der Waals surface area contributed by atoms with Crippen molar-refractivity contribution in [1.82, 2.24) is 24.5 Å². The molecule has 0 fully saturated rings. The molecule has 0 saturated carbocycles. The van der Waals surface area contributed by atoms with Crippen LogP contribution in [-0.4, -0.2) is 24.5 Å². The molecule has 7 heteroatoms. The van der Waals surface area contributed by atoms with Gasteiger partial charge in [-0.1, -0.05) is 30.3 Å². The van der Waals surface area contributed by atoms with Gasteiger partial charge in [0.15, 0.2) is 0 Å². The topological polar surface area (TPSA) is 102 Å². The molecule has 3 aromatic heterocycles. The molecule has 3 heterocycles. The molecule has 3 N–H and O–H groups in total. The first-order valence-electron chi connectivity index (χ1n) is 7.42. The number of pyridine rings is 1. The molecular weight excluding hydrogens is 304 g/mol. The third-order valence-corrected chi connectivity index (χ3v) is 3.80. The van der Waals surface area contributed by atoms with Crippen LogP contribution in [0.25, 0.3) is 22.4 Å². The van der Waals surface area contributed by atoms with Crippen LogP contribution in [0.3, 0.4) is 0 Å². The summed E-state index contributed by atoms with van der Waals surface area (Å²) in [5.74, 6) is 0.261. The fraction of sp³-hybridized carbons (Fsp3) is 0.0588. The van der Waals surface area contributed by atoms with Crippen LogP contribution in [-0.2, 0) is 6.54 Å². The van der Waals surface area contributed by atoms with E-state index in [1.807, 2.05) is 30.3 Å². The van der Waals surface area contributed by atoms with Crippen molar-refractivity contribution < 1.29 is 0 Å². The number of hydrogen-bond acceptors (Lipinski definition) is 5. The van der Waals surface area contributed by atoms with E-state index in [1.165, 1.54) is 0 Å². The van der Waals surface area contributed by atoms with E-state index >= 15 is 0 Å². The van der Waals surface area contributed by atoms with Gasteiger partial charge in [0.25, 0.3) is 0 Å². The predicted molar refractivity (Wildman–Crippen MR) is 91.3 cm³/mol. The second kappa shape index (κ2) is 5.62. The SMILES string of the molecule is Nc1nc(-c2cnccn2)cc2c1[nH]c(=O)n2Cc1ccccc1. The number of rotatable bonds is 3. The molecule has 118 valence electrons. The minimum atomic E-state index is -0.223. The summed E-state index contributed by atoms with van der Waals surface area (Å²) in [4.78, 5) is 27.7. The lowest BCUT2D eigenvalue weighted by molar-refractivity contribution is 0.787. The van der Waals surface area contributed by atoms with Crippen LogP contribution in [0.4, 0.5) is 5.82 Å². The number of aromatic nitrogens is 5. The third kappa shape index (κ3) is 2.41. The number of hydrogen-bond donors (Lipinski definition) is 2. The molecule has 0 aliphatic heterocycles. The lowest BCUT2D eigenvalue weighted by atomic mass is 10.2. The van der Waals surface area contributed by atoms with E-state index in [1.54, 1.807) is 29.2 Å². The zero-order chi connectivity index (χ0) is 16.5. The summed E-state index contributed by atoms with van der Waals surface area (Å²) in [5, 5.41) is 0. The zero-order valence-corrected chi connectivity index (χ0v) is 12.7. The maximum absolute atomic E-state index is 12.3. The quantitative estimate of drug-likeness (QED) is 0.600. The molecule has 0 bridgehead atoms. The maximum atomic E-state index is 12.3. The molecule has 0 unspecified atom stereocenters. The van der Waals surface area contributed by atoms with Crippen LogP contribution in [0.5, 0.6) is 0 Å². The molecule has 0 saturated heterocycles. The van der Waals surface area contributed by atoms with Gasteiger partial charge >= 0.3 is 5.69 Å². The van der Waals surface area contributed by atoms with Crippen LogP contribution < -0.4 is 11.4 Å². The molecule has 0 aliphatic carbocycles. The van der Waals surface area contributed by atoms with E-state index in [0.717, 1.165) is 5.56 Å². The van der Waals surface area contributed by atoms with Crippen molar-refractivity contribution in [3.05, 3.63) is 71.0 Å². The van der Waals surface area contributed by atoms with Crippen LogP contribution in [0.1, 0.15) is 5.56 Å². The fourth-order valence-electron chi connectivity index (χ4n) is 2.66. The maximum Gasteiger partial charge on any atom is 0.326 e. The molecule has 24 heavy (non-hydrogen) atoms.